The van der Waals surface area contributed by atoms with E-state index >= 15 is 0 Å². The molecule has 1 aliphatic heterocycles. The van der Waals surface area contributed by atoms with Crippen molar-refractivity contribution >= 4 is 15.9 Å². The zero-order chi connectivity index (χ0) is 10.1. The van der Waals surface area contributed by atoms with Crippen molar-refractivity contribution in [3.8, 4) is 0 Å². The fraction of sp³-hybridized carbons (Fsp3) is 0.400. The van der Waals surface area contributed by atoms with Gasteiger partial charge in [-0.15, -0.1) is 0 Å². The lowest BCUT2D eigenvalue weighted by Crippen LogP contribution is -2.23. The number of benzene rings is 1. The molecule has 4 heteroatoms. The Kier molecular flexibility index (Phi) is 2.85. The molecule has 1 heterocycles. The number of halogens is 2. The summed E-state index contributed by atoms with van der Waals surface area (Å²) in [6.07, 6.45) is 0.749. The summed E-state index contributed by atoms with van der Waals surface area (Å²) in [5.74, 6) is -0.257. The predicted molar refractivity (Wildman–Crippen MR) is 55.4 cm³/mol. The summed E-state index contributed by atoms with van der Waals surface area (Å²) in [6, 6.07) is 4.59. The van der Waals surface area contributed by atoms with E-state index in [4.69, 9.17) is 10.5 Å². The van der Waals surface area contributed by atoms with E-state index in [0.29, 0.717) is 6.61 Å². The van der Waals surface area contributed by atoms with E-state index in [9.17, 15) is 4.39 Å². The van der Waals surface area contributed by atoms with E-state index in [1.807, 2.05) is 0 Å². The third-order valence-corrected chi connectivity index (χ3v) is 3.09. The fourth-order valence-electron chi connectivity index (χ4n) is 1.66. The number of rotatable bonds is 1. The molecule has 0 aromatic heterocycles. The van der Waals surface area contributed by atoms with Gasteiger partial charge >= 0.3 is 0 Å². The van der Waals surface area contributed by atoms with Crippen molar-refractivity contribution in [2.75, 3.05) is 6.61 Å². The molecule has 2 atom stereocenters. The maximum Gasteiger partial charge on any atom is 0.124 e. The van der Waals surface area contributed by atoms with Crippen LogP contribution in [0, 0.1) is 5.82 Å². The molecule has 0 amide bonds. The molecular formula is C10H11BrFNO. The first-order valence-corrected chi connectivity index (χ1v) is 5.30. The van der Waals surface area contributed by atoms with Gasteiger partial charge in [-0.05, 0) is 24.1 Å². The second-order valence-electron chi connectivity index (χ2n) is 3.41. The zero-order valence-electron chi connectivity index (χ0n) is 7.54. The summed E-state index contributed by atoms with van der Waals surface area (Å²) in [5.41, 5.74) is 6.81. The fourth-order valence-corrected chi connectivity index (χ4v) is 2.24. The Bertz CT molecular complexity index is 345. The third kappa shape index (κ3) is 1.82. The van der Waals surface area contributed by atoms with Crippen LogP contribution in [-0.2, 0) is 4.74 Å². The second kappa shape index (κ2) is 3.96. The minimum absolute atomic E-state index is 0.0109. The number of hydrogen-bond acceptors (Lipinski definition) is 2. The van der Waals surface area contributed by atoms with Gasteiger partial charge < -0.3 is 10.5 Å². The van der Waals surface area contributed by atoms with Crippen LogP contribution in [0.25, 0.3) is 0 Å². The van der Waals surface area contributed by atoms with Crippen LogP contribution in [0.15, 0.2) is 22.7 Å². The van der Waals surface area contributed by atoms with Crippen LogP contribution in [0.5, 0.6) is 0 Å². The Morgan fingerprint density at radius 3 is 2.86 bits per heavy atom. The minimum Gasteiger partial charge on any atom is -0.372 e. The molecule has 0 bridgehead atoms. The highest BCUT2D eigenvalue weighted by atomic mass is 79.9. The highest BCUT2D eigenvalue weighted by Crippen LogP contribution is 2.32. The third-order valence-electron chi connectivity index (χ3n) is 2.41. The average molecular weight is 260 g/mol. The molecule has 1 fully saturated rings. The summed E-state index contributed by atoms with van der Waals surface area (Å²) >= 11 is 3.31. The minimum atomic E-state index is -0.257. The summed E-state index contributed by atoms with van der Waals surface area (Å²) in [5, 5.41) is 0. The van der Waals surface area contributed by atoms with E-state index in [0.717, 1.165) is 16.5 Å². The first-order valence-electron chi connectivity index (χ1n) is 4.50. The van der Waals surface area contributed by atoms with E-state index in [-0.39, 0.29) is 18.0 Å². The van der Waals surface area contributed by atoms with Crippen molar-refractivity contribution in [3.05, 3.63) is 34.1 Å². The van der Waals surface area contributed by atoms with Crippen LogP contribution < -0.4 is 5.73 Å². The lowest BCUT2D eigenvalue weighted by Gasteiger charge is -2.16. The zero-order valence-corrected chi connectivity index (χ0v) is 9.13. The van der Waals surface area contributed by atoms with Gasteiger partial charge in [0.2, 0.25) is 0 Å². The van der Waals surface area contributed by atoms with Gasteiger partial charge in [-0.3, -0.25) is 0 Å². The quantitative estimate of drug-likeness (QED) is 0.841. The molecule has 0 saturated carbocycles. The summed E-state index contributed by atoms with van der Waals surface area (Å²) < 4.78 is 19.0. The van der Waals surface area contributed by atoms with E-state index in [1.54, 1.807) is 6.07 Å². The average Bonchev–Trinajstić information content (AvgIpc) is 2.52. The van der Waals surface area contributed by atoms with Gasteiger partial charge in [-0.1, -0.05) is 22.0 Å². The second-order valence-corrected chi connectivity index (χ2v) is 4.26. The summed E-state index contributed by atoms with van der Waals surface area (Å²) in [6.45, 7) is 0.676. The summed E-state index contributed by atoms with van der Waals surface area (Å²) in [4.78, 5) is 0. The molecule has 2 nitrogen and oxygen atoms in total. The Labute approximate surface area is 90.4 Å². The van der Waals surface area contributed by atoms with Gasteiger partial charge in [0.1, 0.15) is 5.82 Å². The molecule has 2 rings (SSSR count). The van der Waals surface area contributed by atoms with Gasteiger partial charge in [-0.25, -0.2) is 4.39 Å². The highest BCUT2D eigenvalue weighted by molar-refractivity contribution is 9.10. The molecule has 0 spiro atoms. The lowest BCUT2D eigenvalue weighted by molar-refractivity contribution is 0.104. The first-order chi connectivity index (χ1) is 6.68. The van der Waals surface area contributed by atoms with Crippen molar-refractivity contribution in [1.29, 1.82) is 0 Å². The van der Waals surface area contributed by atoms with Crippen molar-refractivity contribution in [2.24, 2.45) is 5.73 Å². The van der Waals surface area contributed by atoms with Crippen molar-refractivity contribution in [2.45, 2.75) is 18.6 Å². The van der Waals surface area contributed by atoms with Gasteiger partial charge in [0, 0.05) is 17.1 Å². The predicted octanol–water partition coefficient (Wildman–Crippen LogP) is 2.38. The van der Waals surface area contributed by atoms with Crippen LogP contribution in [0.4, 0.5) is 4.39 Å². The number of nitrogens with two attached hydrogens (primary N) is 1. The molecule has 2 N–H and O–H groups in total. The van der Waals surface area contributed by atoms with Crippen LogP contribution >= 0.6 is 15.9 Å². The lowest BCUT2D eigenvalue weighted by atomic mass is 10.0. The van der Waals surface area contributed by atoms with Crippen LogP contribution in [-0.4, -0.2) is 12.6 Å². The molecule has 2 unspecified atom stereocenters. The highest BCUT2D eigenvalue weighted by Gasteiger charge is 2.27. The molecule has 1 saturated heterocycles. The van der Waals surface area contributed by atoms with Gasteiger partial charge in [-0.2, -0.15) is 0 Å². The molecule has 1 aromatic carbocycles. The maximum absolute atomic E-state index is 12.8. The SMILES string of the molecule is NC1CCOC1c1ccc(F)cc1Br. The molecule has 0 aliphatic carbocycles. The number of ether oxygens (including phenoxy) is 1. The molecular weight excluding hydrogens is 249 g/mol. The standard InChI is InChI=1S/C10H11BrFNO/c11-8-5-6(12)1-2-7(8)10-9(13)3-4-14-10/h1-2,5,9-10H,3-4,13H2. The Hall–Kier alpha value is -0.450. The first kappa shape index (κ1) is 10.1. The van der Waals surface area contributed by atoms with Gasteiger partial charge in [0.05, 0.1) is 6.10 Å². The van der Waals surface area contributed by atoms with E-state index in [2.05, 4.69) is 15.9 Å². The smallest absolute Gasteiger partial charge is 0.124 e. The topological polar surface area (TPSA) is 35.2 Å². The number of hydrogen-bond donors (Lipinski definition) is 1. The molecule has 14 heavy (non-hydrogen) atoms. The van der Waals surface area contributed by atoms with E-state index < -0.39 is 0 Å². The molecule has 76 valence electrons. The Balaban J connectivity index is 2.31. The van der Waals surface area contributed by atoms with Gasteiger partial charge in [0.15, 0.2) is 0 Å². The monoisotopic (exact) mass is 259 g/mol. The normalized spacial score (nSPS) is 26.8. The Morgan fingerprint density at radius 1 is 1.50 bits per heavy atom. The molecule has 1 aromatic rings. The Morgan fingerprint density at radius 2 is 2.29 bits per heavy atom. The van der Waals surface area contributed by atoms with Gasteiger partial charge in [0.25, 0.3) is 0 Å². The van der Waals surface area contributed by atoms with E-state index in [1.165, 1.54) is 12.1 Å². The van der Waals surface area contributed by atoms with Crippen LogP contribution in [0.2, 0.25) is 0 Å². The van der Waals surface area contributed by atoms with Crippen LogP contribution in [0.3, 0.4) is 0 Å². The van der Waals surface area contributed by atoms with Crippen molar-refractivity contribution in [3.63, 3.8) is 0 Å². The van der Waals surface area contributed by atoms with Crippen LogP contribution in [0.1, 0.15) is 18.1 Å². The largest absolute Gasteiger partial charge is 0.372 e. The maximum atomic E-state index is 12.8. The summed E-state index contributed by atoms with van der Waals surface area (Å²) in [7, 11) is 0. The molecule has 0 radical (unpaired) electrons. The van der Waals surface area contributed by atoms with Crippen molar-refractivity contribution < 1.29 is 9.13 Å². The van der Waals surface area contributed by atoms with Crippen molar-refractivity contribution in [1.82, 2.24) is 0 Å². The molecule has 1 aliphatic rings.